The number of hydrogen-bond acceptors (Lipinski definition) is 3. The maximum atomic E-state index is 4.97. The minimum absolute atomic E-state index is 0.176. The van der Waals surface area contributed by atoms with Crippen molar-refractivity contribution >= 4 is 21.8 Å². The molecule has 0 saturated heterocycles. The van der Waals surface area contributed by atoms with Crippen LogP contribution in [0.2, 0.25) is 0 Å². The van der Waals surface area contributed by atoms with E-state index < -0.39 is 0 Å². The molecule has 0 aliphatic carbocycles. The number of hydrogen-bond donors (Lipinski definition) is 0. The Kier molecular flexibility index (Phi) is 2.84. The average Bonchev–Trinajstić information content (AvgIpc) is 2.41. The molecule has 4 heteroatoms. The Morgan fingerprint density at radius 3 is 3.20 bits per heavy atom. The van der Waals surface area contributed by atoms with Crippen LogP contribution in [0, 0.1) is 0 Å². The average molecular weight is 154 g/mol. The second-order valence-electron chi connectivity index (χ2n) is 1.53. The normalized spacial score (nSPS) is 11.6. The molecule has 1 aromatic heterocycles. The highest BCUT2D eigenvalue weighted by atomic mass is 31.1. The molecule has 1 rings (SSSR count). The van der Waals surface area contributed by atoms with Gasteiger partial charge < -0.3 is 4.42 Å². The highest BCUT2D eigenvalue weighted by Gasteiger charge is 1.85. The molecule has 0 spiro atoms. The Hall–Kier alpha value is -0.950. The first kappa shape index (κ1) is 7.16. The second kappa shape index (κ2) is 3.96. The zero-order valence-electron chi connectivity index (χ0n) is 5.32. The van der Waals surface area contributed by atoms with E-state index in [0.29, 0.717) is 0 Å². The Morgan fingerprint density at radius 1 is 1.70 bits per heavy atom. The Balaban J connectivity index is 2.47. The third-order valence-corrected chi connectivity index (χ3v) is 1.25. The Labute approximate surface area is 60.8 Å². The van der Waals surface area contributed by atoms with Crippen LogP contribution < -0.4 is 0 Å². The highest BCUT2D eigenvalue weighted by Crippen LogP contribution is 2.10. The lowest BCUT2D eigenvalue weighted by molar-refractivity contribution is 0.560. The highest BCUT2D eigenvalue weighted by molar-refractivity contribution is 7.35. The van der Waals surface area contributed by atoms with Gasteiger partial charge in [0.05, 0.1) is 12.5 Å². The van der Waals surface area contributed by atoms with Crippen molar-refractivity contribution in [2.75, 3.05) is 0 Å². The van der Waals surface area contributed by atoms with Crippen molar-refractivity contribution in [2.24, 2.45) is 9.53 Å². The van der Waals surface area contributed by atoms with Gasteiger partial charge in [0.25, 0.3) is 0 Å². The predicted octanol–water partition coefficient (Wildman–Crippen LogP) is 1.91. The van der Waals surface area contributed by atoms with E-state index in [9.17, 15) is 0 Å². The fraction of sp³-hybridized carbons (Fsp3) is 0. The van der Waals surface area contributed by atoms with E-state index in [-0.39, 0.29) is 8.88 Å². The smallest absolute Gasteiger partial charge is 0.144 e. The van der Waals surface area contributed by atoms with E-state index in [1.165, 1.54) is 0 Å². The van der Waals surface area contributed by atoms with Crippen molar-refractivity contribution in [2.45, 2.75) is 0 Å². The molecule has 0 radical (unpaired) electrons. The molecule has 0 bridgehead atoms. The van der Waals surface area contributed by atoms with E-state index in [4.69, 9.17) is 4.42 Å². The summed E-state index contributed by atoms with van der Waals surface area (Å²) in [5, 5.41) is 0. The van der Waals surface area contributed by atoms with Crippen LogP contribution in [0.3, 0.4) is 0 Å². The van der Waals surface area contributed by atoms with Crippen molar-refractivity contribution in [1.29, 1.82) is 0 Å². The van der Waals surface area contributed by atoms with Gasteiger partial charge in [-0.25, -0.2) is 4.76 Å². The number of rotatable bonds is 3. The van der Waals surface area contributed by atoms with Crippen LogP contribution >= 0.6 is 8.88 Å². The fourth-order valence-corrected chi connectivity index (χ4v) is 0.765. The summed E-state index contributed by atoms with van der Waals surface area (Å²) in [5.41, 5.74) is 0. The first-order valence-corrected chi connectivity index (χ1v) is 3.60. The summed E-state index contributed by atoms with van der Waals surface area (Å²) in [4.78, 5) is 0. The summed E-state index contributed by atoms with van der Waals surface area (Å²) in [6.45, 7) is 3.30. The SMILES string of the molecule is C=NP/N=C/c1ccco1. The van der Waals surface area contributed by atoms with Gasteiger partial charge in [0, 0.05) is 0 Å². The van der Waals surface area contributed by atoms with E-state index in [2.05, 4.69) is 16.2 Å². The lowest BCUT2D eigenvalue weighted by Crippen LogP contribution is -1.68. The molecule has 1 aromatic rings. The number of nitrogens with zero attached hydrogens (tertiary/aromatic N) is 2. The minimum atomic E-state index is 0.176. The topological polar surface area (TPSA) is 37.9 Å². The van der Waals surface area contributed by atoms with Crippen LogP contribution in [0.4, 0.5) is 0 Å². The van der Waals surface area contributed by atoms with Gasteiger partial charge in [0.1, 0.15) is 14.6 Å². The van der Waals surface area contributed by atoms with Crippen LogP contribution in [0.1, 0.15) is 5.76 Å². The van der Waals surface area contributed by atoms with Gasteiger partial charge in [-0.1, -0.05) is 0 Å². The number of furan rings is 1. The van der Waals surface area contributed by atoms with Gasteiger partial charge in [0.15, 0.2) is 0 Å². The lowest BCUT2D eigenvalue weighted by atomic mass is 10.5. The van der Waals surface area contributed by atoms with E-state index in [1.54, 1.807) is 12.5 Å². The molecule has 0 saturated carbocycles. The van der Waals surface area contributed by atoms with Crippen LogP contribution in [0.15, 0.2) is 32.3 Å². The first-order chi connectivity index (χ1) is 4.93. The van der Waals surface area contributed by atoms with Gasteiger partial charge in [-0.3, -0.25) is 4.76 Å². The van der Waals surface area contributed by atoms with Crippen molar-refractivity contribution in [3.63, 3.8) is 0 Å². The Bertz CT molecular complexity index is 218. The molecular weight excluding hydrogens is 147 g/mol. The molecule has 0 aromatic carbocycles. The monoisotopic (exact) mass is 154 g/mol. The zero-order chi connectivity index (χ0) is 7.23. The summed E-state index contributed by atoms with van der Waals surface area (Å²) in [5.74, 6) is 0.746. The van der Waals surface area contributed by atoms with Crippen LogP contribution in [0.5, 0.6) is 0 Å². The molecule has 10 heavy (non-hydrogen) atoms. The Morgan fingerprint density at radius 2 is 2.60 bits per heavy atom. The largest absolute Gasteiger partial charge is 0.463 e. The molecule has 0 amide bonds. The molecule has 0 fully saturated rings. The summed E-state index contributed by atoms with van der Waals surface area (Å²) in [6.07, 6.45) is 3.24. The third-order valence-electron chi connectivity index (χ3n) is 0.863. The molecule has 1 atom stereocenters. The van der Waals surface area contributed by atoms with Crippen molar-refractivity contribution < 1.29 is 4.42 Å². The summed E-state index contributed by atoms with van der Waals surface area (Å²) in [6, 6.07) is 3.64. The minimum Gasteiger partial charge on any atom is -0.463 e. The molecule has 3 nitrogen and oxygen atoms in total. The van der Waals surface area contributed by atoms with Gasteiger partial charge in [-0.15, -0.1) is 0 Å². The van der Waals surface area contributed by atoms with E-state index in [1.807, 2.05) is 12.1 Å². The van der Waals surface area contributed by atoms with E-state index >= 15 is 0 Å². The van der Waals surface area contributed by atoms with Crippen molar-refractivity contribution in [3.05, 3.63) is 24.2 Å². The standard InChI is InChI=1S/C6H7N2OP/c1-7-10-8-5-6-3-2-4-9-6/h2-5,10H,1H2/b8-5+. The second-order valence-corrected chi connectivity index (χ2v) is 2.31. The fourth-order valence-electron chi connectivity index (χ4n) is 0.498. The molecule has 1 unspecified atom stereocenters. The van der Waals surface area contributed by atoms with Crippen LogP contribution in [-0.4, -0.2) is 12.9 Å². The van der Waals surface area contributed by atoms with E-state index in [0.717, 1.165) is 5.76 Å². The van der Waals surface area contributed by atoms with Gasteiger partial charge in [0.2, 0.25) is 0 Å². The van der Waals surface area contributed by atoms with Gasteiger partial charge in [-0.05, 0) is 18.9 Å². The van der Waals surface area contributed by atoms with Crippen LogP contribution in [0.25, 0.3) is 0 Å². The first-order valence-electron chi connectivity index (χ1n) is 2.71. The molecular formula is C6H7N2OP. The summed E-state index contributed by atoms with van der Waals surface area (Å²) in [7, 11) is 0.176. The zero-order valence-corrected chi connectivity index (χ0v) is 6.32. The lowest BCUT2D eigenvalue weighted by Gasteiger charge is -1.80. The van der Waals surface area contributed by atoms with Crippen molar-refractivity contribution in [3.8, 4) is 0 Å². The maximum Gasteiger partial charge on any atom is 0.144 e. The third kappa shape index (κ3) is 2.11. The molecule has 0 N–H and O–H groups in total. The molecule has 52 valence electrons. The maximum absolute atomic E-state index is 4.97. The van der Waals surface area contributed by atoms with Gasteiger partial charge in [-0.2, -0.15) is 0 Å². The molecule has 1 heterocycles. The van der Waals surface area contributed by atoms with Crippen LogP contribution in [-0.2, 0) is 0 Å². The van der Waals surface area contributed by atoms with Crippen molar-refractivity contribution in [1.82, 2.24) is 0 Å². The molecule has 0 aliphatic rings. The molecule has 0 aliphatic heterocycles. The van der Waals surface area contributed by atoms with Gasteiger partial charge >= 0.3 is 0 Å². The quantitative estimate of drug-likeness (QED) is 0.484. The summed E-state index contributed by atoms with van der Waals surface area (Å²) >= 11 is 0. The summed E-state index contributed by atoms with van der Waals surface area (Å²) < 4.78 is 12.5. The predicted molar refractivity (Wildman–Crippen MR) is 44.2 cm³/mol.